The van der Waals surface area contributed by atoms with Crippen LogP contribution < -0.4 is 0 Å². The van der Waals surface area contributed by atoms with Gasteiger partial charge in [-0.15, -0.1) is 11.3 Å². The van der Waals surface area contributed by atoms with E-state index in [4.69, 9.17) is 11.6 Å². The van der Waals surface area contributed by atoms with Crippen LogP contribution in [0.15, 0.2) is 50.4 Å². The Kier molecular flexibility index (Phi) is 6.32. The van der Waals surface area contributed by atoms with Gasteiger partial charge in [0.05, 0.1) is 5.69 Å². The average molecular weight is 405 g/mol. The van der Waals surface area contributed by atoms with Crippen LogP contribution in [0.1, 0.15) is 18.9 Å². The number of aromatic nitrogens is 3. The third-order valence-electron chi connectivity index (χ3n) is 3.11. The summed E-state index contributed by atoms with van der Waals surface area (Å²) in [5, 5.41) is 13.6. The van der Waals surface area contributed by atoms with E-state index in [0.717, 1.165) is 22.1 Å². The summed E-state index contributed by atoms with van der Waals surface area (Å²) in [6.45, 7) is 2.11. The van der Waals surface area contributed by atoms with Gasteiger partial charge in [-0.1, -0.05) is 42.4 Å². The van der Waals surface area contributed by atoms with Crippen LogP contribution in [-0.4, -0.2) is 20.7 Å². The lowest BCUT2D eigenvalue weighted by Gasteiger charge is -2.10. The van der Waals surface area contributed by atoms with E-state index in [-0.39, 0.29) is 0 Å². The molecule has 0 unspecified atom stereocenters. The third-order valence-corrected chi connectivity index (χ3v) is 6.29. The quantitative estimate of drug-likeness (QED) is 0.295. The molecule has 2 heterocycles. The predicted octanol–water partition coefficient (Wildman–Crippen LogP) is 5.78. The zero-order valence-electron chi connectivity index (χ0n) is 13.3. The summed E-state index contributed by atoms with van der Waals surface area (Å²) in [5.74, 6) is 0.924. The fraction of sp³-hybridized carbons (Fsp3) is 0.176. The summed E-state index contributed by atoms with van der Waals surface area (Å²) in [4.78, 5) is 13.5. The molecule has 0 atom stereocenters. The van der Waals surface area contributed by atoms with Gasteiger partial charge in [0.25, 0.3) is 0 Å². The third kappa shape index (κ3) is 4.53. The number of thioether (sulfide) groups is 1. The second-order valence-electron chi connectivity index (χ2n) is 4.90. The van der Waals surface area contributed by atoms with Crippen molar-refractivity contribution < 1.29 is 0 Å². The molecule has 2 aromatic heterocycles. The van der Waals surface area contributed by atoms with Crippen LogP contribution in [0.5, 0.6) is 0 Å². The lowest BCUT2D eigenvalue weighted by molar-refractivity contribution is 0.885. The Bertz CT molecular complexity index is 890. The summed E-state index contributed by atoms with van der Waals surface area (Å²) in [6.07, 6.45) is 2.77. The molecule has 0 aliphatic heterocycles. The highest BCUT2D eigenvalue weighted by Gasteiger charge is 2.18. The number of nitrogens with zero attached hydrogens (tertiary/aromatic N) is 4. The Morgan fingerprint density at radius 3 is 2.68 bits per heavy atom. The molecular formula is C17H13ClN4S3. The monoisotopic (exact) mass is 404 g/mol. The summed E-state index contributed by atoms with van der Waals surface area (Å²) in [5.41, 5.74) is 1.94. The van der Waals surface area contributed by atoms with E-state index < -0.39 is 0 Å². The molecule has 8 heteroatoms. The maximum atomic E-state index is 9.72. The first-order valence-electron chi connectivity index (χ1n) is 7.49. The molecule has 1 aromatic carbocycles. The number of rotatable bonds is 6. The first-order chi connectivity index (χ1) is 12.2. The van der Waals surface area contributed by atoms with Crippen LogP contribution in [0.4, 0.5) is 0 Å². The molecule has 0 N–H and O–H groups in total. The molecule has 0 aliphatic rings. The number of hydrogen-bond donors (Lipinski definition) is 0. The van der Waals surface area contributed by atoms with Crippen LogP contribution >= 0.6 is 46.5 Å². The fourth-order valence-corrected chi connectivity index (χ4v) is 4.51. The average Bonchev–Trinajstić information content (AvgIpc) is 3.13. The van der Waals surface area contributed by atoms with E-state index in [1.165, 1.54) is 23.1 Å². The van der Waals surface area contributed by atoms with Gasteiger partial charge in [-0.05, 0) is 30.3 Å². The number of hydrogen-bond acceptors (Lipinski definition) is 7. The van der Waals surface area contributed by atoms with E-state index >= 15 is 0 Å². The minimum Gasteiger partial charge on any atom is -0.238 e. The van der Waals surface area contributed by atoms with Gasteiger partial charge >= 0.3 is 0 Å². The molecule has 0 saturated carbocycles. The highest BCUT2D eigenvalue weighted by Crippen LogP contribution is 2.36. The number of nitriles is 1. The van der Waals surface area contributed by atoms with Gasteiger partial charge in [0.15, 0.2) is 9.50 Å². The molecule has 25 heavy (non-hydrogen) atoms. The summed E-state index contributed by atoms with van der Waals surface area (Å²) in [7, 11) is 0. The molecule has 3 aromatic rings. The lowest BCUT2D eigenvalue weighted by Crippen LogP contribution is -1.99. The molecule has 3 rings (SSSR count). The van der Waals surface area contributed by atoms with Crippen LogP contribution in [0, 0.1) is 11.3 Å². The van der Waals surface area contributed by atoms with Crippen LogP contribution in [0.25, 0.3) is 11.3 Å². The van der Waals surface area contributed by atoms with Crippen molar-refractivity contribution in [2.45, 2.75) is 27.9 Å². The van der Waals surface area contributed by atoms with Crippen molar-refractivity contribution in [1.29, 1.82) is 5.26 Å². The van der Waals surface area contributed by atoms with Crippen LogP contribution in [-0.2, 0) is 0 Å². The van der Waals surface area contributed by atoms with Crippen LogP contribution in [0.2, 0.25) is 5.02 Å². The second kappa shape index (κ2) is 8.68. The van der Waals surface area contributed by atoms with E-state index in [0.29, 0.717) is 26.5 Å². The summed E-state index contributed by atoms with van der Waals surface area (Å²) >= 11 is 10.5. The van der Waals surface area contributed by atoms with E-state index in [1.54, 1.807) is 30.1 Å². The zero-order valence-corrected chi connectivity index (χ0v) is 16.5. The fourth-order valence-electron chi connectivity index (χ4n) is 2.01. The molecule has 4 nitrogen and oxygen atoms in total. The normalized spacial score (nSPS) is 10.6. The standard InChI is InChI=1S/C17H13ClN4S3/c1-2-8-23-16-21-14(11-3-5-12(18)6-4-11)13(10-19)15(22-16)25-17-20-7-9-24-17/h3-7,9H,2,8H2,1H3. The smallest absolute Gasteiger partial charge is 0.189 e. The van der Waals surface area contributed by atoms with Crippen molar-refractivity contribution in [3.63, 3.8) is 0 Å². The molecular weight excluding hydrogens is 392 g/mol. The van der Waals surface area contributed by atoms with Crippen molar-refractivity contribution >= 4 is 46.5 Å². The molecule has 0 radical (unpaired) electrons. The predicted molar refractivity (Wildman–Crippen MR) is 104 cm³/mol. The Hall–Kier alpha value is -1.59. The van der Waals surface area contributed by atoms with Gasteiger partial charge in [-0.2, -0.15) is 5.26 Å². The largest absolute Gasteiger partial charge is 0.238 e. The van der Waals surface area contributed by atoms with Gasteiger partial charge in [-0.25, -0.2) is 15.0 Å². The van der Waals surface area contributed by atoms with Crippen molar-refractivity contribution in [2.24, 2.45) is 0 Å². The first kappa shape index (κ1) is 18.2. The van der Waals surface area contributed by atoms with Crippen molar-refractivity contribution in [3.8, 4) is 17.3 Å². The van der Waals surface area contributed by atoms with Gasteiger partial charge in [0, 0.05) is 27.9 Å². The zero-order chi connectivity index (χ0) is 17.6. The maximum absolute atomic E-state index is 9.72. The summed E-state index contributed by atoms with van der Waals surface area (Å²) in [6, 6.07) is 9.60. The number of thiazole rings is 1. The van der Waals surface area contributed by atoms with E-state index in [9.17, 15) is 5.26 Å². The topological polar surface area (TPSA) is 62.5 Å². The molecule has 0 fully saturated rings. The molecule has 0 amide bonds. The highest BCUT2D eigenvalue weighted by atomic mass is 35.5. The molecule has 0 saturated heterocycles. The Balaban J connectivity index is 2.10. The SMILES string of the molecule is CCCSc1nc(Sc2nccs2)c(C#N)c(-c2ccc(Cl)cc2)n1. The first-order valence-corrected chi connectivity index (χ1v) is 10.6. The Morgan fingerprint density at radius 1 is 1.24 bits per heavy atom. The molecule has 0 aliphatic carbocycles. The van der Waals surface area contributed by atoms with Crippen molar-refractivity contribution in [3.05, 3.63) is 46.4 Å². The van der Waals surface area contributed by atoms with Gasteiger partial charge in [0.1, 0.15) is 16.7 Å². The van der Waals surface area contributed by atoms with Crippen molar-refractivity contribution in [2.75, 3.05) is 5.75 Å². The second-order valence-corrected chi connectivity index (χ2v) is 8.53. The Morgan fingerprint density at radius 2 is 2.04 bits per heavy atom. The van der Waals surface area contributed by atoms with Gasteiger partial charge < -0.3 is 0 Å². The molecule has 0 spiro atoms. The number of halogens is 1. The summed E-state index contributed by atoms with van der Waals surface area (Å²) < 4.78 is 0.851. The minimum atomic E-state index is 0.461. The minimum absolute atomic E-state index is 0.461. The van der Waals surface area contributed by atoms with Crippen LogP contribution in [0.3, 0.4) is 0 Å². The van der Waals surface area contributed by atoms with E-state index in [2.05, 4.69) is 27.9 Å². The van der Waals surface area contributed by atoms with Crippen molar-refractivity contribution in [1.82, 2.24) is 15.0 Å². The van der Waals surface area contributed by atoms with Gasteiger partial charge in [-0.3, -0.25) is 0 Å². The highest BCUT2D eigenvalue weighted by molar-refractivity contribution is 8.01. The molecule has 126 valence electrons. The molecule has 0 bridgehead atoms. The maximum Gasteiger partial charge on any atom is 0.189 e. The van der Waals surface area contributed by atoms with Gasteiger partial charge in [0.2, 0.25) is 0 Å². The van der Waals surface area contributed by atoms with E-state index in [1.807, 2.05) is 17.5 Å². The lowest BCUT2D eigenvalue weighted by atomic mass is 10.1. The number of benzene rings is 1. The Labute approximate surface area is 163 Å².